The number of pyridine rings is 1. The van der Waals surface area contributed by atoms with Gasteiger partial charge in [-0.1, -0.05) is 29.8 Å². The Balaban J connectivity index is 1.98. The highest BCUT2D eigenvalue weighted by atomic mass is 35.5. The molecule has 4 nitrogen and oxygen atoms in total. The number of hydrogen-bond acceptors (Lipinski definition) is 4. The average molecular weight is 355 g/mol. The van der Waals surface area contributed by atoms with Crippen LogP contribution in [0.5, 0.6) is 5.75 Å². The van der Waals surface area contributed by atoms with Crippen molar-refractivity contribution in [1.82, 2.24) is 4.98 Å². The van der Waals surface area contributed by atoms with Crippen molar-refractivity contribution in [3.05, 3.63) is 58.1 Å². The van der Waals surface area contributed by atoms with Gasteiger partial charge < -0.3 is 15.6 Å². The van der Waals surface area contributed by atoms with E-state index in [-0.39, 0.29) is 12.7 Å². The average Bonchev–Trinajstić information content (AvgIpc) is 3.03. The van der Waals surface area contributed by atoms with Crippen molar-refractivity contribution < 1.29 is 9.84 Å². The maximum absolute atomic E-state index is 9.89. The number of nitrogens with zero attached hydrogens (tertiary/aromatic N) is 1. The van der Waals surface area contributed by atoms with Gasteiger partial charge in [0.25, 0.3) is 0 Å². The summed E-state index contributed by atoms with van der Waals surface area (Å²) in [7, 11) is 0. The first-order valence-corrected chi connectivity index (χ1v) is 8.68. The lowest BCUT2D eigenvalue weighted by molar-refractivity contribution is 0.242. The summed E-state index contributed by atoms with van der Waals surface area (Å²) < 4.78 is 6.03. The second-order valence-corrected chi connectivity index (χ2v) is 6.86. The van der Waals surface area contributed by atoms with Crippen molar-refractivity contribution in [3.8, 4) is 17.0 Å². The van der Waals surface area contributed by atoms with Gasteiger partial charge in [-0.05, 0) is 30.7 Å². The Morgan fingerprint density at radius 2 is 2.16 bits per heavy atom. The topological polar surface area (TPSA) is 68.4 Å². The third kappa shape index (κ3) is 2.76. The number of ether oxygens (including phenoxy) is 1. The fourth-order valence-corrected chi connectivity index (χ4v) is 3.69. The molecule has 0 spiro atoms. The van der Waals surface area contributed by atoms with Crippen LogP contribution < -0.4 is 10.5 Å². The lowest BCUT2D eigenvalue weighted by Gasteiger charge is -2.15. The molecule has 0 fully saturated rings. The van der Waals surface area contributed by atoms with E-state index >= 15 is 0 Å². The quantitative estimate of drug-likeness (QED) is 0.753. The smallest absolute Gasteiger partial charge is 0.132 e. The molecule has 3 aromatic rings. The number of aliphatic hydroxyl groups excluding tert-OH is 1. The van der Waals surface area contributed by atoms with Gasteiger partial charge in [0.2, 0.25) is 0 Å². The van der Waals surface area contributed by atoms with Gasteiger partial charge >= 0.3 is 0 Å². The van der Waals surface area contributed by atoms with Crippen LogP contribution in [-0.4, -0.2) is 22.7 Å². The number of halogens is 1. The van der Waals surface area contributed by atoms with Crippen LogP contribution in [0.25, 0.3) is 22.2 Å². The Morgan fingerprint density at radius 1 is 1.32 bits per heavy atom. The molecule has 1 unspecified atom stereocenters. The van der Waals surface area contributed by atoms with Crippen molar-refractivity contribution in [2.75, 3.05) is 6.54 Å². The fraction of sp³-hybridized carbons (Fsp3) is 0.250. The Hall–Kier alpha value is -2.14. The number of benzene rings is 2. The van der Waals surface area contributed by atoms with Crippen LogP contribution >= 0.6 is 11.6 Å². The number of para-hydroxylation sites is 1. The number of rotatable bonds is 3. The normalized spacial score (nSPS) is 16.1. The standard InChI is InChI=1S/C20H19ClN2O2/c1-11-3-2-4-12-5-14(10-24)19(23-18(11)12)17-8-15(21)6-13-7-16(9-22)25-20(13)17/h2-6,8,16,24H,7,9-10,22H2,1H3. The molecule has 1 aliphatic heterocycles. The van der Waals surface area contributed by atoms with E-state index in [0.717, 1.165) is 45.3 Å². The number of aryl methyl sites for hydroxylation is 1. The van der Waals surface area contributed by atoms with Gasteiger partial charge in [0.1, 0.15) is 11.9 Å². The Kier molecular flexibility index (Phi) is 4.12. The molecular weight excluding hydrogens is 336 g/mol. The first-order valence-electron chi connectivity index (χ1n) is 8.30. The van der Waals surface area contributed by atoms with Crippen LogP contribution in [0.1, 0.15) is 16.7 Å². The second-order valence-electron chi connectivity index (χ2n) is 6.42. The molecule has 2 aromatic carbocycles. The van der Waals surface area contributed by atoms with Gasteiger partial charge in [0, 0.05) is 40.1 Å². The largest absolute Gasteiger partial charge is 0.488 e. The molecule has 1 aromatic heterocycles. The van der Waals surface area contributed by atoms with E-state index in [1.54, 1.807) is 0 Å². The molecule has 0 bridgehead atoms. The number of hydrogen-bond donors (Lipinski definition) is 2. The Morgan fingerprint density at radius 3 is 2.92 bits per heavy atom. The van der Waals surface area contributed by atoms with E-state index in [2.05, 4.69) is 0 Å². The summed E-state index contributed by atoms with van der Waals surface area (Å²) in [6.45, 7) is 2.37. The maximum atomic E-state index is 9.89. The van der Waals surface area contributed by atoms with Crippen molar-refractivity contribution in [1.29, 1.82) is 0 Å². The molecule has 0 aliphatic carbocycles. The lowest BCUT2D eigenvalue weighted by Crippen LogP contribution is -2.24. The third-order valence-corrected chi connectivity index (χ3v) is 4.90. The third-order valence-electron chi connectivity index (χ3n) is 4.68. The monoisotopic (exact) mass is 354 g/mol. The van der Waals surface area contributed by atoms with Crippen LogP contribution in [-0.2, 0) is 13.0 Å². The fourth-order valence-electron chi connectivity index (χ4n) is 3.45. The Bertz CT molecular complexity index is 972. The number of aromatic nitrogens is 1. The van der Waals surface area contributed by atoms with E-state index in [1.807, 2.05) is 43.3 Å². The second kappa shape index (κ2) is 6.30. The summed E-state index contributed by atoms with van der Waals surface area (Å²) in [6, 6.07) is 11.8. The highest BCUT2D eigenvalue weighted by Crippen LogP contribution is 2.42. The summed E-state index contributed by atoms with van der Waals surface area (Å²) in [5.41, 5.74) is 11.1. The van der Waals surface area contributed by atoms with Crippen molar-refractivity contribution in [3.63, 3.8) is 0 Å². The van der Waals surface area contributed by atoms with Crippen LogP contribution in [0.2, 0.25) is 5.02 Å². The van der Waals surface area contributed by atoms with Crippen molar-refractivity contribution in [2.24, 2.45) is 5.73 Å². The molecule has 0 radical (unpaired) electrons. The molecule has 5 heteroatoms. The van der Waals surface area contributed by atoms with Gasteiger partial charge in [0.15, 0.2) is 0 Å². The maximum Gasteiger partial charge on any atom is 0.132 e. The minimum absolute atomic E-state index is 0.0491. The number of aliphatic hydroxyl groups is 1. The van der Waals surface area contributed by atoms with Crippen LogP contribution in [0.3, 0.4) is 0 Å². The van der Waals surface area contributed by atoms with E-state index in [4.69, 9.17) is 27.1 Å². The molecule has 1 atom stereocenters. The summed E-state index contributed by atoms with van der Waals surface area (Å²) in [6.07, 6.45) is 0.687. The minimum Gasteiger partial charge on any atom is -0.488 e. The van der Waals surface area contributed by atoms with E-state index in [1.165, 1.54) is 0 Å². The number of nitrogens with two attached hydrogens (primary N) is 1. The molecular formula is C20H19ClN2O2. The molecule has 0 saturated heterocycles. The summed E-state index contributed by atoms with van der Waals surface area (Å²) >= 11 is 6.34. The SMILES string of the molecule is Cc1cccc2cc(CO)c(-c3cc(Cl)cc4c3OC(CN)C4)nc12. The van der Waals surface area contributed by atoms with Gasteiger partial charge in [0.05, 0.1) is 17.8 Å². The molecule has 3 N–H and O–H groups in total. The predicted octanol–water partition coefficient (Wildman–Crippen LogP) is 3.62. The van der Waals surface area contributed by atoms with Crippen LogP contribution in [0, 0.1) is 6.92 Å². The predicted molar refractivity (Wildman–Crippen MR) is 100 cm³/mol. The van der Waals surface area contributed by atoms with Crippen LogP contribution in [0.15, 0.2) is 36.4 Å². The first kappa shape index (κ1) is 16.3. The Labute approximate surface area is 151 Å². The lowest BCUT2D eigenvalue weighted by atomic mass is 9.99. The molecule has 1 aliphatic rings. The molecule has 0 amide bonds. The number of fused-ring (bicyclic) bond motifs is 2. The first-order chi connectivity index (χ1) is 12.1. The summed E-state index contributed by atoms with van der Waals surface area (Å²) in [5.74, 6) is 0.773. The van der Waals surface area contributed by atoms with E-state index in [0.29, 0.717) is 17.3 Å². The van der Waals surface area contributed by atoms with Crippen molar-refractivity contribution in [2.45, 2.75) is 26.1 Å². The van der Waals surface area contributed by atoms with Crippen LogP contribution in [0.4, 0.5) is 0 Å². The minimum atomic E-state index is -0.103. The molecule has 25 heavy (non-hydrogen) atoms. The highest BCUT2D eigenvalue weighted by Gasteiger charge is 2.27. The molecule has 0 saturated carbocycles. The summed E-state index contributed by atoms with van der Waals surface area (Å²) in [4.78, 5) is 4.86. The zero-order chi connectivity index (χ0) is 17.6. The van der Waals surface area contributed by atoms with E-state index in [9.17, 15) is 5.11 Å². The molecule has 128 valence electrons. The van der Waals surface area contributed by atoms with Gasteiger partial charge in [-0.15, -0.1) is 0 Å². The summed E-state index contributed by atoms with van der Waals surface area (Å²) in [5, 5.41) is 11.5. The molecule has 2 heterocycles. The zero-order valence-electron chi connectivity index (χ0n) is 13.9. The van der Waals surface area contributed by atoms with E-state index < -0.39 is 0 Å². The van der Waals surface area contributed by atoms with Gasteiger partial charge in [-0.25, -0.2) is 4.98 Å². The van der Waals surface area contributed by atoms with Gasteiger partial charge in [-0.3, -0.25) is 0 Å². The molecule has 4 rings (SSSR count). The van der Waals surface area contributed by atoms with Crippen molar-refractivity contribution >= 4 is 22.5 Å². The zero-order valence-corrected chi connectivity index (χ0v) is 14.7. The van der Waals surface area contributed by atoms with Gasteiger partial charge in [-0.2, -0.15) is 0 Å². The highest BCUT2D eigenvalue weighted by molar-refractivity contribution is 6.31.